The van der Waals surface area contributed by atoms with Crippen LogP contribution in [0.15, 0.2) is 30.3 Å². The van der Waals surface area contributed by atoms with Gasteiger partial charge in [-0.3, -0.25) is 4.79 Å². The molecule has 110 valence electrons. The first kappa shape index (κ1) is 15.6. The molecule has 0 bridgehead atoms. The maximum Gasteiger partial charge on any atom is 0.164 e. The highest BCUT2D eigenvalue weighted by Gasteiger charge is 2.11. The number of hydrogen-bond acceptors (Lipinski definition) is 2. The van der Waals surface area contributed by atoms with Crippen LogP contribution >= 0.6 is 11.6 Å². The molecule has 0 saturated carbocycles. The maximum absolute atomic E-state index is 11.7. The Balaban J connectivity index is 2.33. The molecule has 2 rings (SSSR count). The minimum atomic E-state index is 0.0363. The molecule has 0 amide bonds. The van der Waals surface area contributed by atoms with Crippen LogP contribution in [-0.4, -0.2) is 5.78 Å². The molecule has 0 aromatic heterocycles. The third kappa shape index (κ3) is 3.45. The molecule has 0 saturated heterocycles. The monoisotopic (exact) mass is 302 g/mol. The van der Waals surface area contributed by atoms with E-state index in [0.717, 1.165) is 16.9 Å². The fourth-order valence-corrected chi connectivity index (χ4v) is 2.70. The molecular weight excluding hydrogens is 284 g/mol. The number of hydrogen-bond donors (Lipinski definition) is 0. The van der Waals surface area contributed by atoms with E-state index in [-0.39, 0.29) is 5.78 Å². The summed E-state index contributed by atoms with van der Waals surface area (Å²) in [5.41, 5.74) is 3.91. The minimum Gasteiger partial charge on any atom is -0.457 e. The van der Waals surface area contributed by atoms with Gasteiger partial charge in [0.2, 0.25) is 0 Å². The third-order valence-electron chi connectivity index (χ3n) is 3.39. The molecule has 2 nitrogen and oxygen atoms in total. The molecule has 0 atom stereocenters. The number of ether oxygens (including phenoxy) is 1. The van der Waals surface area contributed by atoms with E-state index in [0.29, 0.717) is 22.8 Å². The highest BCUT2D eigenvalue weighted by atomic mass is 35.5. The van der Waals surface area contributed by atoms with Gasteiger partial charge in [0, 0.05) is 18.1 Å². The van der Waals surface area contributed by atoms with Crippen LogP contribution in [0.2, 0.25) is 5.02 Å². The quantitative estimate of drug-likeness (QED) is 0.682. The van der Waals surface area contributed by atoms with E-state index in [2.05, 4.69) is 19.1 Å². The van der Waals surface area contributed by atoms with Crippen LogP contribution in [0.25, 0.3) is 0 Å². The predicted molar refractivity (Wildman–Crippen MR) is 86.8 cm³/mol. The molecule has 0 aliphatic heterocycles. The molecule has 0 aliphatic rings. The lowest BCUT2D eigenvalue weighted by Gasteiger charge is -2.13. The maximum atomic E-state index is 11.7. The number of carbonyl (C=O) groups excluding carboxylic acids is 1. The van der Waals surface area contributed by atoms with Crippen molar-refractivity contribution in [1.29, 1.82) is 0 Å². The summed E-state index contributed by atoms with van der Waals surface area (Å²) in [5, 5.41) is 0.432. The standard InChI is InChI=1S/C18H19ClO2/c1-5-17(20)15-7-6-14(10-16(15)19)21-18-12(3)8-11(2)9-13(18)4/h6-10H,5H2,1-4H3. The summed E-state index contributed by atoms with van der Waals surface area (Å²) in [7, 11) is 0. The first-order valence-corrected chi connectivity index (χ1v) is 7.38. The van der Waals surface area contributed by atoms with E-state index in [9.17, 15) is 4.79 Å². The highest BCUT2D eigenvalue weighted by molar-refractivity contribution is 6.34. The average Bonchev–Trinajstić information content (AvgIpc) is 2.42. The molecule has 2 aromatic carbocycles. The SMILES string of the molecule is CCC(=O)c1ccc(Oc2c(C)cc(C)cc2C)cc1Cl. The zero-order valence-electron chi connectivity index (χ0n) is 12.8. The van der Waals surface area contributed by atoms with E-state index >= 15 is 0 Å². The Labute approximate surface area is 130 Å². The largest absolute Gasteiger partial charge is 0.457 e. The van der Waals surface area contributed by atoms with Gasteiger partial charge in [-0.2, -0.15) is 0 Å². The van der Waals surface area contributed by atoms with Gasteiger partial charge in [0.25, 0.3) is 0 Å². The van der Waals surface area contributed by atoms with Crippen molar-refractivity contribution in [2.24, 2.45) is 0 Å². The topological polar surface area (TPSA) is 26.3 Å². The zero-order valence-corrected chi connectivity index (χ0v) is 13.5. The van der Waals surface area contributed by atoms with Crippen LogP contribution in [0, 0.1) is 20.8 Å². The molecular formula is C18H19ClO2. The Morgan fingerprint density at radius 3 is 2.24 bits per heavy atom. The van der Waals surface area contributed by atoms with Crippen LogP contribution < -0.4 is 4.74 Å². The van der Waals surface area contributed by atoms with Gasteiger partial charge in [-0.15, -0.1) is 0 Å². The molecule has 21 heavy (non-hydrogen) atoms. The normalized spacial score (nSPS) is 10.5. The molecule has 2 aromatic rings. The molecule has 3 heteroatoms. The fourth-order valence-electron chi connectivity index (χ4n) is 2.42. The summed E-state index contributed by atoms with van der Waals surface area (Å²) >= 11 is 6.17. The summed E-state index contributed by atoms with van der Waals surface area (Å²) in [6.07, 6.45) is 0.441. The van der Waals surface area contributed by atoms with Gasteiger partial charge in [0.15, 0.2) is 5.78 Å². The van der Waals surface area contributed by atoms with Gasteiger partial charge >= 0.3 is 0 Å². The third-order valence-corrected chi connectivity index (χ3v) is 3.70. The van der Waals surface area contributed by atoms with Crippen molar-refractivity contribution in [2.75, 3.05) is 0 Å². The Kier molecular flexibility index (Phi) is 4.69. The number of aryl methyl sites for hydroxylation is 3. The summed E-state index contributed by atoms with van der Waals surface area (Å²) in [6, 6.07) is 9.37. The van der Waals surface area contributed by atoms with Gasteiger partial charge in [0.1, 0.15) is 11.5 Å². The molecule has 0 radical (unpaired) electrons. The predicted octanol–water partition coefficient (Wildman–Crippen LogP) is 5.65. The summed E-state index contributed by atoms with van der Waals surface area (Å²) < 4.78 is 5.95. The van der Waals surface area contributed by atoms with E-state index < -0.39 is 0 Å². The van der Waals surface area contributed by atoms with Crippen LogP contribution in [-0.2, 0) is 0 Å². The second-order valence-corrected chi connectivity index (χ2v) is 5.66. The molecule has 0 spiro atoms. The number of ketones is 1. The zero-order chi connectivity index (χ0) is 15.6. The molecule has 0 fully saturated rings. The number of benzene rings is 2. The van der Waals surface area contributed by atoms with Gasteiger partial charge in [-0.1, -0.05) is 36.2 Å². The second-order valence-electron chi connectivity index (χ2n) is 5.25. The van der Waals surface area contributed by atoms with Crippen molar-refractivity contribution in [3.8, 4) is 11.5 Å². The molecule has 0 N–H and O–H groups in total. The van der Waals surface area contributed by atoms with Crippen molar-refractivity contribution in [2.45, 2.75) is 34.1 Å². The van der Waals surface area contributed by atoms with Crippen molar-refractivity contribution in [3.63, 3.8) is 0 Å². The van der Waals surface area contributed by atoms with Crippen LogP contribution in [0.4, 0.5) is 0 Å². The first-order valence-electron chi connectivity index (χ1n) is 7.00. The number of carbonyl (C=O) groups is 1. The van der Waals surface area contributed by atoms with Crippen molar-refractivity contribution in [3.05, 3.63) is 57.6 Å². The fraction of sp³-hybridized carbons (Fsp3) is 0.278. The van der Waals surface area contributed by atoms with Gasteiger partial charge in [0.05, 0.1) is 5.02 Å². The lowest BCUT2D eigenvalue weighted by Crippen LogP contribution is -1.98. The summed E-state index contributed by atoms with van der Waals surface area (Å²) in [6.45, 7) is 7.92. The lowest BCUT2D eigenvalue weighted by atomic mass is 10.1. The smallest absolute Gasteiger partial charge is 0.164 e. The lowest BCUT2D eigenvalue weighted by molar-refractivity contribution is 0.0988. The molecule has 0 aliphatic carbocycles. The van der Waals surface area contributed by atoms with Crippen LogP contribution in [0.5, 0.6) is 11.5 Å². The van der Waals surface area contributed by atoms with Crippen LogP contribution in [0.1, 0.15) is 40.4 Å². The van der Waals surface area contributed by atoms with Crippen LogP contribution in [0.3, 0.4) is 0 Å². The summed E-state index contributed by atoms with van der Waals surface area (Å²) in [4.78, 5) is 11.7. The Hall–Kier alpha value is -1.80. The molecule has 0 unspecified atom stereocenters. The Bertz CT molecular complexity index is 667. The van der Waals surface area contributed by atoms with Crippen molar-refractivity contribution < 1.29 is 9.53 Å². The average molecular weight is 303 g/mol. The van der Waals surface area contributed by atoms with E-state index in [1.807, 2.05) is 20.8 Å². The van der Waals surface area contributed by atoms with Crippen molar-refractivity contribution in [1.82, 2.24) is 0 Å². The van der Waals surface area contributed by atoms with E-state index in [4.69, 9.17) is 16.3 Å². The molecule has 0 heterocycles. The number of halogens is 1. The Morgan fingerprint density at radius 1 is 1.10 bits per heavy atom. The highest BCUT2D eigenvalue weighted by Crippen LogP contribution is 2.32. The van der Waals surface area contributed by atoms with Crippen molar-refractivity contribution >= 4 is 17.4 Å². The van der Waals surface area contributed by atoms with Gasteiger partial charge in [-0.25, -0.2) is 0 Å². The minimum absolute atomic E-state index is 0.0363. The van der Waals surface area contributed by atoms with Gasteiger partial charge < -0.3 is 4.74 Å². The summed E-state index contributed by atoms with van der Waals surface area (Å²) in [5.74, 6) is 1.52. The number of rotatable bonds is 4. The van der Waals surface area contributed by atoms with Gasteiger partial charge in [-0.05, 0) is 44.0 Å². The number of Topliss-reactive ketones (excluding diaryl/α,β-unsaturated/α-hetero) is 1. The second kappa shape index (κ2) is 6.31. The Morgan fingerprint density at radius 2 is 1.71 bits per heavy atom. The van der Waals surface area contributed by atoms with E-state index in [1.54, 1.807) is 18.2 Å². The first-order chi connectivity index (χ1) is 9.92. The van der Waals surface area contributed by atoms with E-state index in [1.165, 1.54) is 5.56 Å².